The number of amides is 1. The van der Waals surface area contributed by atoms with Crippen molar-refractivity contribution in [1.82, 2.24) is 0 Å². The third-order valence-corrected chi connectivity index (χ3v) is 4.87. The summed E-state index contributed by atoms with van der Waals surface area (Å²) in [5.74, 6) is -0.972. The van der Waals surface area contributed by atoms with Gasteiger partial charge in [-0.25, -0.2) is 9.79 Å². The number of nitrogens with zero attached hydrogens (tertiary/aromatic N) is 2. The zero-order chi connectivity index (χ0) is 18.7. The Hall–Kier alpha value is -2.28. The molecule has 1 aliphatic rings. The van der Waals surface area contributed by atoms with E-state index in [-0.39, 0.29) is 10.8 Å². The van der Waals surface area contributed by atoms with E-state index in [4.69, 9.17) is 23.2 Å². The molecule has 1 fully saturated rings. The topological polar surface area (TPSA) is 59.0 Å². The summed E-state index contributed by atoms with van der Waals surface area (Å²) in [5.41, 5.74) is 1.22. The molecule has 0 saturated carbocycles. The summed E-state index contributed by atoms with van der Waals surface area (Å²) in [6.45, 7) is 0. The maximum absolute atomic E-state index is 12.8. The van der Waals surface area contributed by atoms with E-state index in [1.807, 2.05) is 0 Å². The highest BCUT2D eigenvalue weighted by Crippen LogP contribution is 2.36. The van der Waals surface area contributed by atoms with Crippen LogP contribution in [-0.2, 0) is 14.3 Å². The number of thioether (sulfide) groups is 1. The number of amidine groups is 1. The van der Waals surface area contributed by atoms with Gasteiger partial charge in [0.2, 0.25) is 0 Å². The van der Waals surface area contributed by atoms with Crippen LogP contribution in [-0.4, -0.2) is 24.2 Å². The molecule has 26 heavy (non-hydrogen) atoms. The number of esters is 1. The van der Waals surface area contributed by atoms with Crippen molar-refractivity contribution in [3.8, 4) is 0 Å². The van der Waals surface area contributed by atoms with Gasteiger partial charge >= 0.3 is 5.97 Å². The number of rotatable bonds is 3. The smallest absolute Gasteiger partial charge is 0.331 e. The predicted molar refractivity (Wildman–Crippen MR) is 105 cm³/mol. The van der Waals surface area contributed by atoms with Crippen molar-refractivity contribution in [2.45, 2.75) is 0 Å². The molecule has 0 unspecified atom stereocenters. The van der Waals surface area contributed by atoms with Crippen molar-refractivity contribution in [3.63, 3.8) is 0 Å². The van der Waals surface area contributed by atoms with E-state index in [9.17, 15) is 9.59 Å². The first-order chi connectivity index (χ1) is 12.5. The average Bonchev–Trinajstić information content (AvgIpc) is 2.93. The lowest BCUT2D eigenvalue weighted by Gasteiger charge is -2.15. The summed E-state index contributed by atoms with van der Waals surface area (Å²) >= 11 is 12.9. The zero-order valence-electron chi connectivity index (χ0n) is 13.5. The molecule has 1 amide bonds. The quantitative estimate of drug-likeness (QED) is 0.541. The van der Waals surface area contributed by atoms with Gasteiger partial charge in [0.15, 0.2) is 5.17 Å². The first-order valence-corrected chi connectivity index (χ1v) is 8.97. The van der Waals surface area contributed by atoms with Gasteiger partial charge in [0.05, 0.1) is 23.4 Å². The van der Waals surface area contributed by atoms with Crippen molar-refractivity contribution in [2.24, 2.45) is 4.99 Å². The molecule has 1 saturated heterocycles. The number of hydrogen-bond donors (Lipinski definition) is 0. The van der Waals surface area contributed by atoms with Gasteiger partial charge in [0.1, 0.15) is 0 Å². The summed E-state index contributed by atoms with van der Waals surface area (Å²) in [7, 11) is 1.25. The van der Waals surface area contributed by atoms with E-state index in [1.54, 1.807) is 48.5 Å². The molecule has 3 rings (SSSR count). The molecule has 0 aromatic heterocycles. The molecule has 5 nitrogen and oxygen atoms in total. The minimum Gasteiger partial charge on any atom is -0.466 e. The van der Waals surface area contributed by atoms with Crippen LogP contribution in [0, 0.1) is 0 Å². The number of hydrogen-bond acceptors (Lipinski definition) is 5. The first-order valence-electron chi connectivity index (χ1n) is 7.39. The number of aliphatic imine (C=N–C) groups is 1. The Balaban J connectivity index is 2.04. The monoisotopic (exact) mass is 406 g/mol. The number of methoxy groups -OCH3 is 1. The lowest BCUT2D eigenvalue weighted by molar-refractivity contribution is -0.135. The van der Waals surface area contributed by atoms with Crippen LogP contribution in [0.25, 0.3) is 0 Å². The number of halogens is 2. The highest BCUT2D eigenvalue weighted by molar-refractivity contribution is 8.19. The molecule has 0 bridgehead atoms. The summed E-state index contributed by atoms with van der Waals surface area (Å²) in [6.07, 6.45) is 1.15. The number of carbonyl (C=O) groups is 2. The van der Waals surface area contributed by atoms with E-state index in [2.05, 4.69) is 9.73 Å². The molecule has 0 aliphatic carbocycles. The van der Waals surface area contributed by atoms with Gasteiger partial charge in [-0.1, -0.05) is 23.2 Å². The lowest BCUT2D eigenvalue weighted by atomic mass is 10.3. The van der Waals surface area contributed by atoms with Crippen LogP contribution in [0.4, 0.5) is 11.4 Å². The Labute approximate surface area is 164 Å². The van der Waals surface area contributed by atoms with Crippen LogP contribution in [0.5, 0.6) is 0 Å². The molecule has 2 aromatic carbocycles. The van der Waals surface area contributed by atoms with Crippen LogP contribution in [0.3, 0.4) is 0 Å². The second kappa shape index (κ2) is 7.95. The van der Waals surface area contributed by atoms with Crippen molar-refractivity contribution < 1.29 is 14.3 Å². The Morgan fingerprint density at radius 1 is 1.08 bits per heavy atom. The van der Waals surface area contributed by atoms with Crippen LogP contribution in [0.15, 0.2) is 64.5 Å². The number of ether oxygens (including phenoxy) is 1. The van der Waals surface area contributed by atoms with Crippen LogP contribution < -0.4 is 4.90 Å². The molecule has 2 aromatic rings. The molecular weight excluding hydrogens is 395 g/mol. The Morgan fingerprint density at radius 3 is 2.23 bits per heavy atom. The fourth-order valence-corrected chi connectivity index (χ4v) is 3.37. The highest BCUT2D eigenvalue weighted by Gasteiger charge is 2.35. The van der Waals surface area contributed by atoms with Gasteiger partial charge in [-0.15, -0.1) is 0 Å². The third kappa shape index (κ3) is 4.09. The van der Waals surface area contributed by atoms with Gasteiger partial charge in [-0.2, -0.15) is 0 Å². The minimum absolute atomic E-state index is 0.222. The van der Waals surface area contributed by atoms with E-state index in [1.165, 1.54) is 12.0 Å². The number of benzene rings is 2. The second-order valence-electron chi connectivity index (χ2n) is 5.12. The molecular formula is C18H12Cl2N2O3S. The lowest BCUT2D eigenvalue weighted by Crippen LogP contribution is -2.28. The van der Waals surface area contributed by atoms with E-state index in [0.717, 1.165) is 17.8 Å². The highest BCUT2D eigenvalue weighted by atomic mass is 35.5. The average molecular weight is 407 g/mol. The summed E-state index contributed by atoms with van der Waals surface area (Å²) in [5, 5.41) is 1.55. The number of anilines is 1. The molecule has 0 N–H and O–H groups in total. The summed E-state index contributed by atoms with van der Waals surface area (Å²) < 4.78 is 4.61. The van der Waals surface area contributed by atoms with Gasteiger partial charge in [0, 0.05) is 16.1 Å². The minimum atomic E-state index is -0.607. The van der Waals surface area contributed by atoms with Crippen molar-refractivity contribution in [3.05, 3.63) is 69.6 Å². The molecule has 132 valence electrons. The van der Waals surface area contributed by atoms with Crippen molar-refractivity contribution in [2.75, 3.05) is 12.0 Å². The number of carbonyl (C=O) groups excluding carboxylic acids is 2. The van der Waals surface area contributed by atoms with Gasteiger partial charge < -0.3 is 4.74 Å². The summed E-state index contributed by atoms with van der Waals surface area (Å²) in [6, 6.07) is 13.7. The van der Waals surface area contributed by atoms with Gasteiger partial charge in [-0.05, 0) is 60.3 Å². The SMILES string of the molecule is COC(=O)/C=C1\SC(=Nc2ccc(Cl)cc2)N(c2ccc(Cl)cc2)C1=O. The summed E-state index contributed by atoms with van der Waals surface area (Å²) in [4.78, 5) is 30.5. The van der Waals surface area contributed by atoms with Gasteiger partial charge in [-0.3, -0.25) is 9.69 Å². The van der Waals surface area contributed by atoms with E-state index in [0.29, 0.717) is 26.6 Å². The fraction of sp³-hybridized carbons (Fsp3) is 0.0556. The van der Waals surface area contributed by atoms with Crippen LogP contribution >= 0.6 is 35.0 Å². The molecule has 8 heteroatoms. The first kappa shape index (κ1) is 18.5. The molecule has 0 radical (unpaired) electrons. The van der Waals surface area contributed by atoms with Crippen LogP contribution in [0.2, 0.25) is 10.0 Å². The standard InChI is InChI=1S/C18H12Cl2N2O3S/c1-25-16(23)10-15-17(24)22(14-8-4-12(20)5-9-14)18(26-15)21-13-6-2-11(19)3-7-13/h2-10H,1H3/b15-10-,21-18?. The van der Waals surface area contributed by atoms with Crippen molar-refractivity contribution >= 4 is 63.4 Å². The Bertz CT molecular complexity index is 909. The Kier molecular flexibility index (Phi) is 5.66. The predicted octanol–water partition coefficient (Wildman–Crippen LogP) is 4.82. The van der Waals surface area contributed by atoms with E-state index >= 15 is 0 Å². The molecule has 1 aliphatic heterocycles. The van der Waals surface area contributed by atoms with Gasteiger partial charge in [0.25, 0.3) is 5.91 Å². The third-order valence-electron chi connectivity index (χ3n) is 3.39. The van der Waals surface area contributed by atoms with Crippen molar-refractivity contribution in [1.29, 1.82) is 0 Å². The maximum atomic E-state index is 12.8. The Morgan fingerprint density at radius 2 is 1.65 bits per heavy atom. The maximum Gasteiger partial charge on any atom is 0.331 e. The van der Waals surface area contributed by atoms with E-state index < -0.39 is 5.97 Å². The molecule has 0 atom stereocenters. The second-order valence-corrected chi connectivity index (χ2v) is 7.00. The van der Waals surface area contributed by atoms with Crippen LogP contribution in [0.1, 0.15) is 0 Å². The molecule has 0 spiro atoms. The molecule has 1 heterocycles. The zero-order valence-corrected chi connectivity index (χ0v) is 15.8. The fourth-order valence-electron chi connectivity index (χ4n) is 2.16. The largest absolute Gasteiger partial charge is 0.466 e. The normalized spacial score (nSPS) is 17.2.